The van der Waals surface area contributed by atoms with Crippen molar-refractivity contribution in [2.75, 3.05) is 19.8 Å². The Hall–Kier alpha value is -4.21. The van der Waals surface area contributed by atoms with Crippen LogP contribution in [0.25, 0.3) is 0 Å². The molecule has 0 saturated carbocycles. The predicted octanol–water partition coefficient (Wildman–Crippen LogP) is -5.42. The van der Waals surface area contributed by atoms with Gasteiger partial charge in [0.1, 0.15) is 54.9 Å². The van der Waals surface area contributed by atoms with Crippen LogP contribution in [0.2, 0.25) is 0 Å². The molecule has 3 aliphatic rings. The van der Waals surface area contributed by atoms with Gasteiger partial charge in [-0.05, 0) is 20.8 Å². The SMILES string of the molecule is Cc1cc(=O)[nH]c(=O)n1[C@@H]1O[C@H](COP(=O)(OC[C@H]2O[C@@H](n3c(C)cc(=O)[nH]c3=O)[C@H](O)[C@@H]2O)OC[C@H]2O[C@@H](n3c(C)cc(=O)[nH]c3=O)[C@H](O)[C@@H]2O)[C@@H](O)[C@H]1O. The maximum Gasteiger partial charge on any atom is 0.475 e. The number of H-pyrrole nitrogens is 3. The summed E-state index contributed by atoms with van der Waals surface area (Å²) < 4.78 is 50.0. The second-order valence-corrected chi connectivity index (χ2v) is 15.0. The van der Waals surface area contributed by atoms with E-state index in [0.29, 0.717) is 0 Å². The molecule has 3 saturated heterocycles. The van der Waals surface area contributed by atoms with E-state index in [1.807, 2.05) is 15.0 Å². The summed E-state index contributed by atoms with van der Waals surface area (Å²) in [6.07, 6.45) is -20.1. The summed E-state index contributed by atoms with van der Waals surface area (Å²) in [4.78, 5) is 78.8. The molecule has 6 heterocycles. The van der Waals surface area contributed by atoms with Crippen LogP contribution in [0.1, 0.15) is 35.8 Å². The summed E-state index contributed by atoms with van der Waals surface area (Å²) >= 11 is 0. The zero-order valence-corrected chi connectivity index (χ0v) is 30.5. The van der Waals surface area contributed by atoms with Crippen LogP contribution in [0.5, 0.6) is 0 Å². The molecule has 12 atom stereocenters. The van der Waals surface area contributed by atoms with Gasteiger partial charge in [-0.1, -0.05) is 0 Å². The van der Waals surface area contributed by atoms with Gasteiger partial charge in [-0.25, -0.2) is 18.9 Å². The quantitative estimate of drug-likeness (QED) is 0.0770. The molecular formula is C30H39N6O19P. The first-order valence-corrected chi connectivity index (χ1v) is 18.3. The Balaban J connectivity index is 1.21. The van der Waals surface area contributed by atoms with E-state index in [9.17, 15) is 64.0 Å². The minimum absolute atomic E-state index is 0.0544. The van der Waals surface area contributed by atoms with Crippen LogP contribution in [-0.2, 0) is 32.3 Å². The largest absolute Gasteiger partial charge is 0.475 e. The summed E-state index contributed by atoms with van der Waals surface area (Å²) in [6, 6.07) is 3.11. The van der Waals surface area contributed by atoms with E-state index in [0.717, 1.165) is 31.9 Å². The van der Waals surface area contributed by atoms with Crippen LogP contribution in [-0.4, -0.2) is 134 Å². The number of ether oxygens (including phenoxy) is 3. The number of aryl methyl sites for hydroxylation is 3. The number of rotatable bonds is 12. The monoisotopic (exact) mass is 818 g/mol. The third-order valence-electron chi connectivity index (χ3n) is 9.47. The molecule has 0 aromatic carbocycles. The molecule has 26 heteroatoms. The molecule has 0 aliphatic carbocycles. The van der Waals surface area contributed by atoms with Gasteiger partial charge in [-0.2, -0.15) is 0 Å². The van der Waals surface area contributed by atoms with Crippen LogP contribution in [0.3, 0.4) is 0 Å². The maximum atomic E-state index is 14.2. The van der Waals surface area contributed by atoms with Gasteiger partial charge in [-0.15, -0.1) is 0 Å². The molecule has 25 nitrogen and oxygen atoms in total. The maximum absolute atomic E-state index is 14.2. The van der Waals surface area contributed by atoms with E-state index in [1.165, 1.54) is 20.8 Å². The Bertz CT molecular complexity index is 2100. The number of aliphatic hydroxyl groups excluding tert-OH is 6. The Morgan fingerprint density at radius 3 is 1.00 bits per heavy atom. The van der Waals surface area contributed by atoms with Crippen molar-refractivity contribution in [1.82, 2.24) is 28.7 Å². The minimum atomic E-state index is -5.03. The number of hydrogen-bond donors (Lipinski definition) is 9. The summed E-state index contributed by atoms with van der Waals surface area (Å²) in [5, 5.41) is 64.6. The summed E-state index contributed by atoms with van der Waals surface area (Å²) in [5.41, 5.74) is -4.98. The van der Waals surface area contributed by atoms with E-state index in [-0.39, 0.29) is 17.1 Å². The van der Waals surface area contributed by atoms with Crippen molar-refractivity contribution in [2.45, 2.75) is 94.4 Å². The van der Waals surface area contributed by atoms with Crippen LogP contribution in [0.15, 0.2) is 47.0 Å². The molecular weight excluding hydrogens is 779 g/mol. The molecule has 3 aromatic rings. The number of aromatic amines is 3. The van der Waals surface area contributed by atoms with E-state index in [4.69, 9.17) is 27.8 Å². The van der Waals surface area contributed by atoms with Crippen molar-refractivity contribution in [3.63, 3.8) is 0 Å². The fourth-order valence-corrected chi connectivity index (χ4v) is 7.87. The lowest BCUT2D eigenvalue weighted by Crippen LogP contribution is -2.39. The molecule has 9 N–H and O–H groups in total. The molecule has 3 aromatic heterocycles. The van der Waals surface area contributed by atoms with E-state index in [1.54, 1.807) is 0 Å². The molecule has 0 radical (unpaired) electrons. The molecule has 3 aliphatic heterocycles. The van der Waals surface area contributed by atoms with E-state index < -0.39 is 135 Å². The number of nitrogens with one attached hydrogen (secondary N) is 3. The molecule has 3 fully saturated rings. The lowest BCUT2D eigenvalue weighted by Gasteiger charge is -2.24. The first kappa shape index (κ1) is 41.4. The van der Waals surface area contributed by atoms with Crippen molar-refractivity contribution < 1.29 is 63.0 Å². The molecule has 0 spiro atoms. The molecule has 308 valence electrons. The van der Waals surface area contributed by atoms with Crippen molar-refractivity contribution in [2.24, 2.45) is 0 Å². The van der Waals surface area contributed by atoms with Gasteiger partial charge in [0, 0.05) is 35.3 Å². The van der Waals surface area contributed by atoms with E-state index >= 15 is 0 Å². The number of aliphatic hydroxyl groups is 6. The Morgan fingerprint density at radius 2 is 0.768 bits per heavy atom. The lowest BCUT2D eigenvalue weighted by molar-refractivity contribution is -0.0756. The number of phosphoric acid groups is 1. The standard InChI is InChI=1S/C30H39N6O19P/c1-10-4-16(37)31-28(46)34(10)25-22(43)19(40)13(53-25)7-50-56(49,51-8-14-20(41)23(44)26(54-14)35-11(2)5-17(38)32-29(35)47)52-9-15-21(42)24(45)27(55-15)36-12(3)6-18(39)33-30(36)48/h4-6,13-15,19-27,40-45H,7-9H2,1-3H3,(H,31,37,46)(H,32,38,47)(H,33,39,48)/t13-,14-,15-,19-,20-,21-,22-,23-,24-,25-,26-,27-/m1/s1. The number of hydrogen-bond acceptors (Lipinski definition) is 19. The number of phosphoric ester groups is 1. The normalized spacial score (nSPS) is 32.0. The number of aromatic nitrogens is 6. The highest BCUT2D eigenvalue weighted by atomic mass is 31.2. The smallest absolute Gasteiger partial charge is 0.387 e. The van der Waals surface area contributed by atoms with Crippen molar-refractivity contribution in [1.29, 1.82) is 0 Å². The first-order valence-electron chi connectivity index (χ1n) is 16.9. The van der Waals surface area contributed by atoms with Crippen LogP contribution in [0.4, 0.5) is 0 Å². The van der Waals surface area contributed by atoms with Gasteiger partial charge < -0.3 is 44.8 Å². The minimum Gasteiger partial charge on any atom is -0.387 e. The molecule has 0 unspecified atom stereocenters. The van der Waals surface area contributed by atoms with Gasteiger partial charge in [0.2, 0.25) is 0 Å². The van der Waals surface area contributed by atoms with Gasteiger partial charge in [-0.3, -0.25) is 56.6 Å². The highest BCUT2D eigenvalue weighted by Gasteiger charge is 2.50. The molecule has 0 amide bonds. The summed E-state index contributed by atoms with van der Waals surface area (Å²) in [6.45, 7) is 1.43. The third kappa shape index (κ3) is 7.99. The Labute approximate surface area is 311 Å². The summed E-state index contributed by atoms with van der Waals surface area (Å²) in [7, 11) is -5.03. The second-order valence-electron chi connectivity index (χ2n) is 13.3. The van der Waals surface area contributed by atoms with Crippen molar-refractivity contribution >= 4 is 7.82 Å². The molecule has 56 heavy (non-hydrogen) atoms. The lowest BCUT2D eigenvalue weighted by atomic mass is 10.1. The Morgan fingerprint density at radius 1 is 0.518 bits per heavy atom. The molecule has 6 rings (SSSR count). The van der Waals surface area contributed by atoms with Gasteiger partial charge >= 0.3 is 24.9 Å². The zero-order valence-electron chi connectivity index (χ0n) is 29.6. The van der Waals surface area contributed by atoms with Crippen LogP contribution < -0.4 is 33.7 Å². The van der Waals surface area contributed by atoms with Crippen molar-refractivity contribution in [3.05, 3.63) is 97.8 Å². The third-order valence-corrected chi connectivity index (χ3v) is 10.9. The van der Waals surface area contributed by atoms with Crippen LogP contribution in [0, 0.1) is 20.8 Å². The first-order chi connectivity index (χ1) is 26.3. The topological polar surface area (TPSA) is 358 Å². The van der Waals surface area contributed by atoms with Crippen LogP contribution >= 0.6 is 7.82 Å². The van der Waals surface area contributed by atoms with Gasteiger partial charge in [0.25, 0.3) is 16.7 Å². The van der Waals surface area contributed by atoms with Gasteiger partial charge in [0.15, 0.2) is 18.7 Å². The molecule has 0 bridgehead atoms. The fourth-order valence-electron chi connectivity index (χ4n) is 6.66. The summed E-state index contributed by atoms with van der Waals surface area (Å²) in [5.74, 6) is 0. The van der Waals surface area contributed by atoms with Gasteiger partial charge in [0.05, 0.1) is 19.8 Å². The number of nitrogens with zero attached hydrogens (tertiary/aromatic N) is 3. The van der Waals surface area contributed by atoms with E-state index in [2.05, 4.69) is 0 Å². The second kappa shape index (κ2) is 16.0. The average molecular weight is 819 g/mol. The zero-order chi connectivity index (χ0) is 41.0. The fraction of sp³-hybridized carbons (Fsp3) is 0.600. The Kier molecular flexibility index (Phi) is 11.8. The highest BCUT2D eigenvalue weighted by molar-refractivity contribution is 7.48. The highest BCUT2D eigenvalue weighted by Crippen LogP contribution is 2.51. The average Bonchev–Trinajstić information content (AvgIpc) is 3.66. The van der Waals surface area contributed by atoms with Crippen molar-refractivity contribution in [3.8, 4) is 0 Å². The predicted molar refractivity (Wildman–Crippen MR) is 181 cm³/mol.